The van der Waals surface area contributed by atoms with Crippen LogP contribution in [0.2, 0.25) is 0 Å². The molecule has 0 aliphatic rings. The molecule has 0 spiro atoms. The summed E-state index contributed by atoms with van der Waals surface area (Å²) < 4.78 is 4.71. The van der Waals surface area contributed by atoms with Gasteiger partial charge in [0, 0.05) is 16.5 Å². The second-order valence-electron chi connectivity index (χ2n) is 5.68. The molecule has 1 aromatic heterocycles. The molecule has 0 unspecified atom stereocenters. The average molecular weight is 284 g/mol. The Hall–Kier alpha value is -2.59. The molecule has 1 heterocycles. The Kier molecular flexibility index (Phi) is 3.82. The van der Waals surface area contributed by atoms with Gasteiger partial charge in [-0.05, 0) is 28.6 Å². The van der Waals surface area contributed by atoms with E-state index in [1.165, 1.54) is 13.3 Å². The fraction of sp³-hybridized carbons (Fsp3) is 0.333. The molecule has 0 atom stereocenters. The Labute approximate surface area is 122 Å². The number of benzene rings is 1. The van der Waals surface area contributed by atoms with Crippen LogP contribution < -0.4 is 0 Å². The SMILES string of the molecule is COC(=O)c1cnc2ccc(C(C)(C)C)cc2c1N=[N+]=[N-]. The standard InChI is InChI=1S/C15H16N4O2/c1-15(2,3)9-5-6-12-10(7-9)13(18-19-16)11(8-17-12)14(20)21-4/h5-8H,1-4H3. The van der Waals surface area contributed by atoms with Gasteiger partial charge in [0.15, 0.2) is 0 Å². The zero-order valence-corrected chi connectivity index (χ0v) is 12.4. The number of hydrogen-bond donors (Lipinski definition) is 0. The van der Waals surface area contributed by atoms with E-state index in [1.54, 1.807) is 0 Å². The van der Waals surface area contributed by atoms with E-state index in [-0.39, 0.29) is 16.7 Å². The van der Waals surface area contributed by atoms with Crippen molar-refractivity contribution in [1.29, 1.82) is 0 Å². The van der Waals surface area contributed by atoms with Gasteiger partial charge in [0.2, 0.25) is 0 Å². The van der Waals surface area contributed by atoms with Crippen molar-refractivity contribution in [1.82, 2.24) is 4.98 Å². The molecule has 0 N–H and O–H groups in total. The maximum Gasteiger partial charge on any atom is 0.339 e. The van der Waals surface area contributed by atoms with E-state index in [9.17, 15) is 4.79 Å². The summed E-state index contributed by atoms with van der Waals surface area (Å²) in [5.74, 6) is -0.576. The highest BCUT2D eigenvalue weighted by Crippen LogP contribution is 2.33. The number of azide groups is 1. The van der Waals surface area contributed by atoms with Crippen molar-refractivity contribution < 1.29 is 9.53 Å². The molecular weight excluding hydrogens is 268 g/mol. The van der Waals surface area contributed by atoms with Crippen LogP contribution in [0.1, 0.15) is 36.7 Å². The third-order valence-corrected chi connectivity index (χ3v) is 3.26. The highest BCUT2D eigenvalue weighted by molar-refractivity contribution is 6.03. The fourth-order valence-corrected chi connectivity index (χ4v) is 2.06. The quantitative estimate of drug-likeness (QED) is 0.357. The minimum atomic E-state index is -0.576. The second kappa shape index (κ2) is 5.42. The first kappa shape index (κ1) is 14.8. The zero-order chi connectivity index (χ0) is 15.6. The van der Waals surface area contributed by atoms with Gasteiger partial charge in [0.1, 0.15) is 0 Å². The first-order valence-electron chi connectivity index (χ1n) is 6.45. The number of hydrogen-bond acceptors (Lipinski definition) is 4. The summed E-state index contributed by atoms with van der Waals surface area (Å²) in [4.78, 5) is 18.8. The van der Waals surface area contributed by atoms with Gasteiger partial charge in [0.25, 0.3) is 0 Å². The van der Waals surface area contributed by atoms with E-state index in [2.05, 4.69) is 35.8 Å². The smallest absolute Gasteiger partial charge is 0.339 e. The average Bonchev–Trinajstić information content (AvgIpc) is 2.45. The van der Waals surface area contributed by atoms with E-state index in [0.717, 1.165) is 5.56 Å². The van der Waals surface area contributed by atoms with Crippen LogP contribution in [0.15, 0.2) is 29.5 Å². The van der Waals surface area contributed by atoms with Crippen LogP contribution in [-0.2, 0) is 10.2 Å². The van der Waals surface area contributed by atoms with E-state index < -0.39 is 5.97 Å². The summed E-state index contributed by atoms with van der Waals surface area (Å²) in [6.45, 7) is 6.25. The molecule has 0 radical (unpaired) electrons. The molecule has 1 aromatic carbocycles. The Morgan fingerprint density at radius 1 is 1.38 bits per heavy atom. The summed E-state index contributed by atoms with van der Waals surface area (Å²) in [7, 11) is 1.28. The molecule has 0 fully saturated rings. The lowest BCUT2D eigenvalue weighted by Crippen LogP contribution is -2.11. The molecule has 0 saturated carbocycles. The van der Waals surface area contributed by atoms with Gasteiger partial charge in [0.05, 0.1) is 23.9 Å². The predicted octanol–water partition coefficient (Wildman–Crippen LogP) is 4.26. The van der Waals surface area contributed by atoms with Crippen molar-refractivity contribution in [3.05, 3.63) is 46.0 Å². The summed E-state index contributed by atoms with van der Waals surface area (Å²) in [6.07, 6.45) is 1.37. The maximum atomic E-state index is 11.8. The number of carbonyl (C=O) groups is 1. The van der Waals surface area contributed by atoms with Crippen LogP contribution in [-0.4, -0.2) is 18.1 Å². The van der Waals surface area contributed by atoms with Gasteiger partial charge >= 0.3 is 5.97 Å². The number of methoxy groups -OCH3 is 1. The van der Waals surface area contributed by atoms with Crippen molar-refractivity contribution >= 4 is 22.6 Å². The lowest BCUT2D eigenvalue weighted by molar-refractivity contribution is 0.0601. The number of nitrogens with zero attached hydrogens (tertiary/aromatic N) is 4. The Balaban J connectivity index is 2.83. The molecule has 0 saturated heterocycles. The number of aromatic nitrogens is 1. The van der Waals surface area contributed by atoms with Crippen LogP contribution in [0.3, 0.4) is 0 Å². The molecule has 0 aliphatic carbocycles. The number of carbonyl (C=O) groups excluding carboxylic acids is 1. The topological polar surface area (TPSA) is 88.0 Å². The Bertz CT molecular complexity index is 756. The number of rotatable bonds is 2. The van der Waals surface area contributed by atoms with E-state index in [0.29, 0.717) is 10.9 Å². The van der Waals surface area contributed by atoms with E-state index >= 15 is 0 Å². The third kappa shape index (κ3) is 2.80. The van der Waals surface area contributed by atoms with Crippen LogP contribution in [0.4, 0.5) is 5.69 Å². The minimum absolute atomic E-state index is 0.0664. The van der Waals surface area contributed by atoms with Crippen LogP contribution in [0.5, 0.6) is 0 Å². The van der Waals surface area contributed by atoms with E-state index in [1.807, 2.05) is 18.2 Å². The first-order valence-corrected chi connectivity index (χ1v) is 6.45. The van der Waals surface area contributed by atoms with Gasteiger partial charge in [-0.25, -0.2) is 4.79 Å². The Morgan fingerprint density at radius 3 is 2.67 bits per heavy atom. The molecule has 2 aromatic rings. The maximum absolute atomic E-state index is 11.8. The van der Waals surface area contributed by atoms with Gasteiger partial charge in [-0.15, -0.1) is 0 Å². The highest BCUT2D eigenvalue weighted by atomic mass is 16.5. The molecule has 0 amide bonds. The number of esters is 1. The number of ether oxygens (including phenoxy) is 1. The predicted molar refractivity (Wildman–Crippen MR) is 80.6 cm³/mol. The normalized spacial score (nSPS) is 11.0. The van der Waals surface area contributed by atoms with E-state index in [4.69, 9.17) is 10.3 Å². The highest BCUT2D eigenvalue weighted by Gasteiger charge is 2.18. The molecule has 6 heteroatoms. The fourth-order valence-electron chi connectivity index (χ4n) is 2.06. The van der Waals surface area contributed by atoms with Gasteiger partial charge < -0.3 is 4.74 Å². The lowest BCUT2D eigenvalue weighted by Gasteiger charge is -2.20. The first-order chi connectivity index (χ1) is 9.88. The molecular formula is C15H16N4O2. The summed E-state index contributed by atoms with van der Waals surface area (Å²) in [5, 5.41) is 4.31. The third-order valence-electron chi connectivity index (χ3n) is 3.26. The summed E-state index contributed by atoms with van der Waals surface area (Å²) in [5.41, 5.74) is 10.8. The molecule has 0 aliphatic heterocycles. The molecule has 0 bridgehead atoms. The van der Waals surface area contributed by atoms with Crippen LogP contribution in [0, 0.1) is 0 Å². The van der Waals surface area contributed by atoms with Gasteiger partial charge in [-0.1, -0.05) is 32.0 Å². The van der Waals surface area contributed by atoms with Crippen molar-refractivity contribution in [3.63, 3.8) is 0 Å². The van der Waals surface area contributed by atoms with Gasteiger partial charge in [-0.3, -0.25) is 4.98 Å². The number of pyridine rings is 1. The number of fused-ring (bicyclic) bond motifs is 1. The monoisotopic (exact) mass is 284 g/mol. The minimum Gasteiger partial charge on any atom is -0.465 e. The second-order valence-corrected chi connectivity index (χ2v) is 5.68. The molecule has 6 nitrogen and oxygen atoms in total. The molecule has 108 valence electrons. The zero-order valence-electron chi connectivity index (χ0n) is 12.4. The van der Waals surface area contributed by atoms with Crippen molar-refractivity contribution in [3.8, 4) is 0 Å². The van der Waals surface area contributed by atoms with Crippen molar-refractivity contribution in [2.75, 3.05) is 7.11 Å². The lowest BCUT2D eigenvalue weighted by atomic mass is 9.86. The van der Waals surface area contributed by atoms with Crippen molar-refractivity contribution in [2.45, 2.75) is 26.2 Å². The van der Waals surface area contributed by atoms with Gasteiger partial charge in [-0.2, -0.15) is 0 Å². The Morgan fingerprint density at radius 2 is 2.10 bits per heavy atom. The summed E-state index contributed by atoms with van der Waals surface area (Å²) in [6, 6.07) is 5.74. The van der Waals surface area contributed by atoms with Crippen LogP contribution >= 0.6 is 0 Å². The summed E-state index contributed by atoms with van der Waals surface area (Å²) >= 11 is 0. The van der Waals surface area contributed by atoms with Crippen LogP contribution in [0.25, 0.3) is 21.3 Å². The molecule has 21 heavy (non-hydrogen) atoms. The largest absolute Gasteiger partial charge is 0.465 e. The van der Waals surface area contributed by atoms with Crippen molar-refractivity contribution in [2.24, 2.45) is 5.11 Å². The molecule has 2 rings (SSSR count).